The van der Waals surface area contributed by atoms with Crippen LogP contribution in [0.25, 0.3) is 0 Å². The van der Waals surface area contributed by atoms with E-state index in [1.165, 1.54) is 44.9 Å². The van der Waals surface area contributed by atoms with Crippen molar-refractivity contribution in [3.05, 3.63) is 24.8 Å². The highest BCUT2D eigenvalue weighted by molar-refractivity contribution is 5.66. The van der Waals surface area contributed by atoms with Crippen molar-refractivity contribution < 1.29 is 9.90 Å². The molecule has 0 aromatic carbocycles. The van der Waals surface area contributed by atoms with Crippen LogP contribution in [0.1, 0.15) is 90.4 Å². The van der Waals surface area contributed by atoms with E-state index in [4.69, 9.17) is 5.11 Å². The molecule has 0 bridgehead atoms. The monoisotopic (exact) mass is 308 g/mol. The summed E-state index contributed by atoms with van der Waals surface area (Å²) < 4.78 is 0. The average molecular weight is 309 g/mol. The highest BCUT2D eigenvalue weighted by Gasteiger charge is 2.01. The quantitative estimate of drug-likeness (QED) is 0.260. The predicted octanol–water partition coefficient (Wildman–Crippen LogP) is 6.52. The molecule has 0 rings (SSSR count). The maximum absolute atomic E-state index is 10.4. The lowest BCUT2D eigenvalue weighted by atomic mass is 9.97. The molecule has 128 valence electrons. The molecule has 0 saturated carbocycles. The zero-order chi connectivity index (χ0) is 16.5. The molecule has 0 aliphatic heterocycles. The number of allylic oxidation sites excluding steroid dienone is 3. The number of carboxylic acids is 1. The Morgan fingerprint density at radius 1 is 1.00 bits per heavy atom. The molecule has 22 heavy (non-hydrogen) atoms. The van der Waals surface area contributed by atoms with Gasteiger partial charge in [-0.2, -0.15) is 0 Å². The van der Waals surface area contributed by atoms with Gasteiger partial charge in [-0.25, -0.2) is 0 Å². The van der Waals surface area contributed by atoms with Gasteiger partial charge in [0.15, 0.2) is 0 Å². The Hall–Kier alpha value is -1.05. The predicted molar refractivity (Wildman–Crippen MR) is 96.2 cm³/mol. The summed E-state index contributed by atoms with van der Waals surface area (Å²) in [5, 5.41) is 8.55. The van der Waals surface area contributed by atoms with Gasteiger partial charge < -0.3 is 5.11 Å². The van der Waals surface area contributed by atoms with E-state index >= 15 is 0 Å². The Morgan fingerprint density at radius 3 is 2.36 bits per heavy atom. The summed E-state index contributed by atoms with van der Waals surface area (Å²) in [5.41, 5.74) is 0. The van der Waals surface area contributed by atoms with E-state index in [9.17, 15) is 4.79 Å². The number of hydrogen-bond acceptors (Lipinski definition) is 1. The van der Waals surface area contributed by atoms with Crippen LogP contribution in [-0.2, 0) is 4.79 Å². The summed E-state index contributed by atoms with van der Waals surface area (Å²) in [6, 6.07) is 0. The van der Waals surface area contributed by atoms with Gasteiger partial charge in [-0.1, -0.05) is 70.1 Å². The van der Waals surface area contributed by atoms with E-state index in [0.29, 0.717) is 12.3 Å². The molecule has 0 heterocycles. The molecule has 0 radical (unpaired) electrons. The normalized spacial score (nSPS) is 12.6. The fraction of sp³-hybridized carbons (Fsp3) is 0.750. The Labute approximate surface area is 137 Å². The molecule has 0 saturated heterocycles. The first-order valence-corrected chi connectivity index (χ1v) is 9.20. The SMILES string of the molecule is C=CC(CC=CCCCCCCC(=O)O)CCCCCCC. The molecule has 0 aromatic rings. The minimum Gasteiger partial charge on any atom is -0.481 e. The Morgan fingerprint density at radius 2 is 1.68 bits per heavy atom. The zero-order valence-electron chi connectivity index (χ0n) is 14.6. The van der Waals surface area contributed by atoms with Crippen molar-refractivity contribution in [1.29, 1.82) is 0 Å². The highest BCUT2D eigenvalue weighted by atomic mass is 16.4. The van der Waals surface area contributed by atoms with Crippen molar-refractivity contribution in [3.8, 4) is 0 Å². The molecule has 1 atom stereocenters. The van der Waals surface area contributed by atoms with Crippen LogP contribution in [-0.4, -0.2) is 11.1 Å². The third kappa shape index (κ3) is 15.3. The van der Waals surface area contributed by atoms with Gasteiger partial charge in [0.05, 0.1) is 0 Å². The van der Waals surface area contributed by atoms with Crippen molar-refractivity contribution >= 4 is 5.97 Å². The Bertz CT molecular complexity index is 294. The third-order valence-electron chi connectivity index (χ3n) is 4.13. The average Bonchev–Trinajstić information content (AvgIpc) is 2.50. The van der Waals surface area contributed by atoms with E-state index in [-0.39, 0.29) is 0 Å². The lowest BCUT2D eigenvalue weighted by Gasteiger charge is -2.09. The van der Waals surface area contributed by atoms with Crippen LogP contribution < -0.4 is 0 Å². The molecule has 1 N–H and O–H groups in total. The first-order chi connectivity index (χ1) is 10.7. The minimum atomic E-state index is -0.676. The maximum atomic E-state index is 10.4. The van der Waals surface area contributed by atoms with E-state index in [0.717, 1.165) is 32.1 Å². The van der Waals surface area contributed by atoms with Crippen LogP contribution in [0.5, 0.6) is 0 Å². The fourth-order valence-electron chi connectivity index (χ4n) is 2.62. The van der Waals surface area contributed by atoms with E-state index in [1.54, 1.807) is 0 Å². The van der Waals surface area contributed by atoms with Crippen LogP contribution >= 0.6 is 0 Å². The molecule has 0 aliphatic rings. The van der Waals surface area contributed by atoms with Gasteiger partial charge in [-0.15, -0.1) is 6.58 Å². The highest BCUT2D eigenvalue weighted by Crippen LogP contribution is 2.17. The van der Waals surface area contributed by atoms with Crippen LogP contribution in [0.4, 0.5) is 0 Å². The number of hydrogen-bond donors (Lipinski definition) is 1. The second-order valence-corrected chi connectivity index (χ2v) is 6.25. The molecule has 0 aliphatic carbocycles. The molecule has 1 unspecified atom stereocenters. The van der Waals surface area contributed by atoms with Crippen molar-refractivity contribution in [1.82, 2.24) is 0 Å². The lowest BCUT2D eigenvalue weighted by Crippen LogP contribution is -1.94. The van der Waals surface area contributed by atoms with Gasteiger partial charge in [-0.05, 0) is 38.0 Å². The number of rotatable bonds is 16. The van der Waals surface area contributed by atoms with Gasteiger partial charge in [-0.3, -0.25) is 4.79 Å². The van der Waals surface area contributed by atoms with Crippen molar-refractivity contribution in [2.75, 3.05) is 0 Å². The number of carboxylic acid groups (broad SMARTS) is 1. The summed E-state index contributed by atoms with van der Waals surface area (Å²) in [6.07, 6.45) is 21.4. The molecular formula is C20H36O2. The number of aliphatic carboxylic acids is 1. The number of carbonyl (C=O) groups is 1. The fourth-order valence-corrected chi connectivity index (χ4v) is 2.62. The smallest absolute Gasteiger partial charge is 0.303 e. The Balaban J connectivity index is 3.47. The summed E-state index contributed by atoms with van der Waals surface area (Å²) in [5.74, 6) is -0.0431. The van der Waals surface area contributed by atoms with Gasteiger partial charge >= 0.3 is 5.97 Å². The van der Waals surface area contributed by atoms with E-state index < -0.39 is 5.97 Å². The molecule has 0 aromatic heterocycles. The van der Waals surface area contributed by atoms with Gasteiger partial charge in [0.25, 0.3) is 0 Å². The van der Waals surface area contributed by atoms with Crippen molar-refractivity contribution in [2.24, 2.45) is 5.92 Å². The van der Waals surface area contributed by atoms with Crippen LogP contribution in [0, 0.1) is 5.92 Å². The van der Waals surface area contributed by atoms with E-state index in [2.05, 4.69) is 31.7 Å². The summed E-state index contributed by atoms with van der Waals surface area (Å²) in [4.78, 5) is 10.4. The van der Waals surface area contributed by atoms with Gasteiger partial charge in [0, 0.05) is 6.42 Å². The van der Waals surface area contributed by atoms with E-state index in [1.807, 2.05) is 0 Å². The largest absolute Gasteiger partial charge is 0.481 e. The summed E-state index contributed by atoms with van der Waals surface area (Å²) in [6.45, 7) is 6.21. The zero-order valence-corrected chi connectivity index (χ0v) is 14.6. The third-order valence-corrected chi connectivity index (χ3v) is 4.13. The standard InChI is InChI=1S/C20H36O2/c1-3-5-6-10-13-16-19(4-2)17-14-11-8-7-9-12-15-18-20(21)22/h4,11,14,19H,2-3,5-10,12-13,15-18H2,1H3,(H,21,22). The second-order valence-electron chi connectivity index (χ2n) is 6.25. The molecule has 0 spiro atoms. The minimum absolute atomic E-state index is 0.315. The first kappa shape index (κ1) is 20.9. The molecular weight excluding hydrogens is 272 g/mol. The van der Waals surface area contributed by atoms with Gasteiger partial charge in [0.1, 0.15) is 0 Å². The van der Waals surface area contributed by atoms with Crippen LogP contribution in [0.3, 0.4) is 0 Å². The maximum Gasteiger partial charge on any atom is 0.303 e. The van der Waals surface area contributed by atoms with Crippen LogP contribution in [0.2, 0.25) is 0 Å². The number of unbranched alkanes of at least 4 members (excludes halogenated alkanes) is 8. The lowest BCUT2D eigenvalue weighted by molar-refractivity contribution is -0.137. The summed E-state index contributed by atoms with van der Waals surface area (Å²) in [7, 11) is 0. The van der Waals surface area contributed by atoms with Crippen LogP contribution in [0.15, 0.2) is 24.8 Å². The first-order valence-electron chi connectivity index (χ1n) is 9.20. The Kier molecular flexibility index (Phi) is 15.5. The second kappa shape index (κ2) is 16.3. The molecule has 0 fully saturated rings. The topological polar surface area (TPSA) is 37.3 Å². The molecule has 0 amide bonds. The summed E-state index contributed by atoms with van der Waals surface area (Å²) >= 11 is 0. The van der Waals surface area contributed by atoms with Gasteiger partial charge in [0.2, 0.25) is 0 Å². The molecule has 2 heteroatoms. The van der Waals surface area contributed by atoms with Crippen molar-refractivity contribution in [2.45, 2.75) is 90.4 Å². The molecule has 2 nitrogen and oxygen atoms in total. The van der Waals surface area contributed by atoms with Crippen molar-refractivity contribution in [3.63, 3.8) is 0 Å².